The predicted molar refractivity (Wildman–Crippen MR) is 73.5 cm³/mol. The van der Waals surface area contributed by atoms with Crippen LogP contribution in [0.25, 0.3) is 6.08 Å². The van der Waals surface area contributed by atoms with Crippen LogP contribution in [0.2, 0.25) is 0 Å². The minimum Gasteiger partial charge on any atom is -0.502 e. The van der Waals surface area contributed by atoms with Crippen molar-refractivity contribution in [3.8, 4) is 17.2 Å². The molecule has 0 unspecified atom stereocenters. The molecule has 1 aromatic carbocycles. The Hall–Kier alpha value is -2.17. The summed E-state index contributed by atoms with van der Waals surface area (Å²) in [6.45, 7) is 2.63. The number of hydrogen-bond acceptors (Lipinski definition) is 4. The standard InChI is InChI=1S/C14H19NO4/c1-4-7-15-13(16)6-5-10-8-11(18-2)14(17)12(9-10)19-3/h5-6,8-9,17H,4,7H2,1-3H3,(H,15,16)/b6-5+. The van der Waals surface area contributed by atoms with Gasteiger partial charge in [0.1, 0.15) is 0 Å². The normalized spacial score (nSPS) is 10.5. The van der Waals surface area contributed by atoms with Gasteiger partial charge in [0.15, 0.2) is 11.5 Å². The summed E-state index contributed by atoms with van der Waals surface area (Å²) in [5.41, 5.74) is 0.707. The number of amides is 1. The van der Waals surface area contributed by atoms with Crippen LogP contribution >= 0.6 is 0 Å². The molecule has 0 heterocycles. The van der Waals surface area contributed by atoms with Crippen molar-refractivity contribution in [2.24, 2.45) is 0 Å². The summed E-state index contributed by atoms with van der Waals surface area (Å²) in [5, 5.41) is 12.5. The summed E-state index contributed by atoms with van der Waals surface area (Å²) < 4.78 is 10.1. The van der Waals surface area contributed by atoms with Gasteiger partial charge in [-0.05, 0) is 30.2 Å². The summed E-state index contributed by atoms with van der Waals surface area (Å²) in [6.07, 6.45) is 3.96. The monoisotopic (exact) mass is 265 g/mol. The molecule has 0 spiro atoms. The number of phenols is 1. The Morgan fingerprint density at radius 1 is 1.32 bits per heavy atom. The SMILES string of the molecule is CCCNC(=O)/C=C/c1cc(OC)c(O)c(OC)c1. The highest BCUT2D eigenvalue weighted by Crippen LogP contribution is 2.37. The van der Waals surface area contributed by atoms with E-state index in [1.54, 1.807) is 18.2 Å². The number of phenolic OH excluding ortho intramolecular Hbond substituents is 1. The van der Waals surface area contributed by atoms with Crippen molar-refractivity contribution in [1.82, 2.24) is 5.32 Å². The molecule has 0 bridgehead atoms. The third-order valence-corrected chi connectivity index (χ3v) is 2.48. The third-order valence-electron chi connectivity index (χ3n) is 2.48. The van der Waals surface area contributed by atoms with Crippen molar-refractivity contribution in [3.63, 3.8) is 0 Å². The Morgan fingerprint density at radius 2 is 1.89 bits per heavy atom. The number of methoxy groups -OCH3 is 2. The number of carbonyl (C=O) groups is 1. The minimum absolute atomic E-state index is 0.0578. The molecule has 2 N–H and O–H groups in total. The van der Waals surface area contributed by atoms with Gasteiger partial charge >= 0.3 is 0 Å². The fourth-order valence-electron chi connectivity index (χ4n) is 1.49. The van der Waals surface area contributed by atoms with Gasteiger partial charge in [0.2, 0.25) is 11.7 Å². The van der Waals surface area contributed by atoms with Crippen molar-refractivity contribution in [1.29, 1.82) is 0 Å². The highest BCUT2D eigenvalue weighted by molar-refractivity contribution is 5.91. The molecular formula is C14H19NO4. The second kappa shape index (κ2) is 7.31. The van der Waals surface area contributed by atoms with E-state index < -0.39 is 0 Å². The summed E-state index contributed by atoms with van der Waals surface area (Å²) in [6, 6.07) is 3.25. The van der Waals surface area contributed by atoms with Gasteiger partial charge in [-0.25, -0.2) is 0 Å². The Balaban J connectivity index is 2.89. The van der Waals surface area contributed by atoms with E-state index >= 15 is 0 Å². The van der Waals surface area contributed by atoms with Gasteiger partial charge in [-0.2, -0.15) is 0 Å². The lowest BCUT2D eigenvalue weighted by Crippen LogP contribution is -2.21. The molecule has 0 radical (unpaired) electrons. The quantitative estimate of drug-likeness (QED) is 0.771. The van der Waals surface area contributed by atoms with Crippen LogP contribution in [-0.2, 0) is 4.79 Å². The first-order valence-corrected chi connectivity index (χ1v) is 6.03. The molecule has 1 rings (SSSR count). The molecule has 0 saturated heterocycles. The fourth-order valence-corrected chi connectivity index (χ4v) is 1.49. The van der Waals surface area contributed by atoms with E-state index in [1.807, 2.05) is 6.92 Å². The zero-order valence-corrected chi connectivity index (χ0v) is 11.4. The van der Waals surface area contributed by atoms with Crippen LogP contribution < -0.4 is 14.8 Å². The molecule has 1 aromatic rings. The minimum atomic E-state index is -0.159. The molecule has 0 atom stereocenters. The Morgan fingerprint density at radius 3 is 2.37 bits per heavy atom. The molecule has 0 aromatic heterocycles. The first-order chi connectivity index (χ1) is 9.12. The highest BCUT2D eigenvalue weighted by atomic mass is 16.5. The lowest BCUT2D eigenvalue weighted by atomic mass is 10.1. The predicted octanol–water partition coefficient (Wildman–Crippen LogP) is 1.95. The van der Waals surface area contributed by atoms with Crippen LogP contribution in [-0.4, -0.2) is 31.8 Å². The van der Waals surface area contributed by atoms with Crippen molar-refractivity contribution < 1.29 is 19.4 Å². The number of hydrogen-bond donors (Lipinski definition) is 2. The van der Waals surface area contributed by atoms with E-state index in [2.05, 4.69) is 5.32 Å². The highest BCUT2D eigenvalue weighted by Gasteiger charge is 2.09. The molecule has 0 aliphatic carbocycles. The van der Waals surface area contributed by atoms with Crippen LogP contribution in [0.1, 0.15) is 18.9 Å². The van der Waals surface area contributed by atoms with E-state index in [-0.39, 0.29) is 11.7 Å². The van der Waals surface area contributed by atoms with Gasteiger partial charge in [0.25, 0.3) is 0 Å². The average Bonchev–Trinajstić information content (AvgIpc) is 2.43. The second-order valence-electron chi connectivity index (χ2n) is 3.90. The lowest BCUT2D eigenvalue weighted by Gasteiger charge is -2.09. The van der Waals surface area contributed by atoms with Gasteiger partial charge in [-0.15, -0.1) is 0 Å². The van der Waals surface area contributed by atoms with Crippen LogP contribution in [0.15, 0.2) is 18.2 Å². The van der Waals surface area contributed by atoms with E-state index in [0.29, 0.717) is 23.6 Å². The van der Waals surface area contributed by atoms with Gasteiger partial charge < -0.3 is 19.9 Å². The van der Waals surface area contributed by atoms with E-state index in [0.717, 1.165) is 6.42 Å². The van der Waals surface area contributed by atoms with E-state index in [4.69, 9.17) is 9.47 Å². The number of carbonyl (C=O) groups excluding carboxylic acids is 1. The first kappa shape index (κ1) is 14.9. The second-order valence-corrected chi connectivity index (χ2v) is 3.90. The van der Waals surface area contributed by atoms with Gasteiger partial charge in [0.05, 0.1) is 14.2 Å². The zero-order valence-electron chi connectivity index (χ0n) is 11.4. The fraction of sp³-hybridized carbons (Fsp3) is 0.357. The maximum atomic E-state index is 11.4. The summed E-state index contributed by atoms with van der Waals surface area (Å²) in [7, 11) is 2.91. The molecule has 19 heavy (non-hydrogen) atoms. The Kier molecular flexibility index (Phi) is 5.73. The molecule has 104 valence electrons. The number of rotatable bonds is 6. The van der Waals surface area contributed by atoms with Crippen molar-refractivity contribution in [2.75, 3.05) is 20.8 Å². The van der Waals surface area contributed by atoms with Crippen LogP contribution in [0.4, 0.5) is 0 Å². The molecule has 1 amide bonds. The number of ether oxygens (including phenoxy) is 2. The maximum absolute atomic E-state index is 11.4. The molecule has 0 aliphatic heterocycles. The largest absolute Gasteiger partial charge is 0.502 e. The molecule has 0 fully saturated rings. The van der Waals surface area contributed by atoms with Gasteiger partial charge in [0, 0.05) is 12.6 Å². The smallest absolute Gasteiger partial charge is 0.243 e. The van der Waals surface area contributed by atoms with Gasteiger partial charge in [-0.3, -0.25) is 4.79 Å². The lowest BCUT2D eigenvalue weighted by molar-refractivity contribution is -0.116. The average molecular weight is 265 g/mol. The van der Waals surface area contributed by atoms with Crippen molar-refractivity contribution in [2.45, 2.75) is 13.3 Å². The number of aromatic hydroxyl groups is 1. The molecule has 0 saturated carbocycles. The molecular weight excluding hydrogens is 246 g/mol. The summed E-state index contributed by atoms with van der Waals surface area (Å²) >= 11 is 0. The topological polar surface area (TPSA) is 67.8 Å². The van der Waals surface area contributed by atoms with Crippen LogP contribution in [0.3, 0.4) is 0 Å². The van der Waals surface area contributed by atoms with E-state index in [1.165, 1.54) is 20.3 Å². The molecule has 0 aliphatic rings. The zero-order chi connectivity index (χ0) is 14.3. The summed E-state index contributed by atoms with van der Waals surface area (Å²) in [5.74, 6) is 0.381. The van der Waals surface area contributed by atoms with Crippen molar-refractivity contribution in [3.05, 3.63) is 23.8 Å². The summed E-state index contributed by atoms with van der Waals surface area (Å²) in [4.78, 5) is 11.4. The first-order valence-electron chi connectivity index (χ1n) is 6.03. The van der Waals surface area contributed by atoms with Crippen molar-refractivity contribution >= 4 is 12.0 Å². The van der Waals surface area contributed by atoms with E-state index in [9.17, 15) is 9.90 Å². The van der Waals surface area contributed by atoms with Gasteiger partial charge in [-0.1, -0.05) is 6.92 Å². The Bertz CT molecular complexity index is 444. The third kappa shape index (κ3) is 4.21. The maximum Gasteiger partial charge on any atom is 0.243 e. The number of benzene rings is 1. The molecule has 5 nitrogen and oxygen atoms in total. The van der Waals surface area contributed by atoms with Crippen LogP contribution in [0, 0.1) is 0 Å². The van der Waals surface area contributed by atoms with Crippen LogP contribution in [0.5, 0.6) is 17.2 Å². The Labute approximate surface area is 112 Å². The number of nitrogens with one attached hydrogen (secondary N) is 1. The molecule has 5 heteroatoms.